The van der Waals surface area contributed by atoms with Crippen LogP contribution in [0.3, 0.4) is 0 Å². The number of thiophene rings is 2. The van der Waals surface area contributed by atoms with Crippen molar-refractivity contribution in [3.63, 3.8) is 0 Å². The second-order valence-electron chi connectivity index (χ2n) is 17.8. The maximum atomic E-state index is 2.47. The summed E-state index contributed by atoms with van der Waals surface area (Å²) in [6.07, 6.45) is 0. The Kier molecular flexibility index (Phi) is 8.07. The third-order valence-corrected chi connectivity index (χ3v) is 16.2. The average molecular weight is 903 g/mol. The molecule has 0 unspecified atom stereocenters. The molecule has 2 aliphatic rings. The van der Waals surface area contributed by atoms with E-state index in [1.54, 1.807) is 0 Å². The lowest BCUT2D eigenvalue weighted by atomic mass is 9.99. The van der Waals surface area contributed by atoms with Crippen molar-refractivity contribution in [3.8, 4) is 0 Å². The van der Waals surface area contributed by atoms with Gasteiger partial charge in [-0.2, -0.15) is 0 Å². The summed E-state index contributed by atoms with van der Waals surface area (Å²) in [5.41, 5.74) is 13.8. The van der Waals surface area contributed by atoms with Gasteiger partial charge in [0.2, 0.25) is 0 Å². The van der Waals surface area contributed by atoms with Crippen LogP contribution < -0.4 is 19.6 Å². The molecule has 4 heterocycles. The highest BCUT2D eigenvalue weighted by Gasteiger charge is 2.33. The molecule has 0 atom stereocenters. The topological polar surface area (TPSA) is 13.0 Å². The normalized spacial score (nSPS) is 13.2. The molecule has 0 aliphatic carbocycles. The van der Waals surface area contributed by atoms with E-state index in [-0.39, 0.29) is 0 Å². The first-order chi connectivity index (χ1) is 33.7. The number of hydrogen-bond acceptors (Lipinski definition) is 6. The summed E-state index contributed by atoms with van der Waals surface area (Å²) < 4.78 is 5.17. The first-order valence-electron chi connectivity index (χ1n) is 23.1. The van der Waals surface area contributed by atoms with Gasteiger partial charge in [-0.05, 0) is 143 Å². The van der Waals surface area contributed by atoms with E-state index in [2.05, 4.69) is 250 Å². The van der Waals surface area contributed by atoms with Crippen LogP contribution in [0.2, 0.25) is 0 Å². The smallest absolute Gasteiger partial charge is 0.0717 e. The summed E-state index contributed by atoms with van der Waals surface area (Å²) in [4.78, 5) is 9.81. The summed E-state index contributed by atoms with van der Waals surface area (Å²) >= 11 is 3.73. The Balaban J connectivity index is 0.885. The van der Waals surface area contributed by atoms with E-state index >= 15 is 0 Å². The Morgan fingerprint density at radius 1 is 0.206 bits per heavy atom. The molecule has 6 heteroatoms. The summed E-state index contributed by atoms with van der Waals surface area (Å²) in [5, 5.41) is 9.98. The van der Waals surface area contributed by atoms with E-state index in [1.165, 1.54) is 61.9 Å². The monoisotopic (exact) mass is 902 g/mol. The highest BCUT2D eigenvalue weighted by atomic mass is 32.1. The van der Waals surface area contributed by atoms with Gasteiger partial charge in [0.15, 0.2) is 0 Å². The van der Waals surface area contributed by atoms with Gasteiger partial charge < -0.3 is 19.6 Å². The molecule has 2 aromatic heterocycles. The molecular formula is C62H38N4S2. The van der Waals surface area contributed by atoms with Crippen LogP contribution in [-0.2, 0) is 0 Å². The summed E-state index contributed by atoms with van der Waals surface area (Å²) in [6, 6.07) is 85.2. The second kappa shape index (κ2) is 14.5. The van der Waals surface area contributed by atoms with Gasteiger partial charge in [0, 0.05) is 63.1 Å². The van der Waals surface area contributed by atoms with Gasteiger partial charge in [-0.25, -0.2) is 0 Å². The van der Waals surface area contributed by atoms with E-state index in [0.717, 1.165) is 68.2 Å². The maximum absolute atomic E-state index is 2.47. The van der Waals surface area contributed by atoms with Crippen molar-refractivity contribution in [2.24, 2.45) is 0 Å². The fraction of sp³-hybridized carbons (Fsp3) is 0. The molecule has 0 saturated heterocycles. The molecule has 0 fully saturated rings. The van der Waals surface area contributed by atoms with Crippen LogP contribution in [0.4, 0.5) is 68.2 Å². The van der Waals surface area contributed by atoms with Crippen molar-refractivity contribution in [2.75, 3.05) is 19.6 Å². The number of fused-ring (bicyclic) bond motifs is 12. The Hall–Kier alpha value is -8.42. The zero-order valence-corrected chi connectivity index (χ0v) is 38.2. The number of para-hydroxylation sites is 6. The number of hydrogen-bond donors (Lipinski definition) is 0. The highest BCUT2D eigenvalue weighted by Crippen LogP contribution is 2.58. The lowest BCUT2D eigenvalue weighted by Crippen LogP contribution is -2.24. The van der Waals surface area contributed by atoms with Crippen molar-refractivity contribution < 1.29 is 0 Å². The van der Waals surface area contributed by atoms with Gasteiger partial charge in [-0.1, -0.05) is 109 Å². The molecule has 68 heavy (non-hydrogen) atoms. The zero-order chi connectivity index (χ0) is 44.5. The predicted molar refractivity (Wildman–Crippen MR) is 293 cm³/mol. The minimum absolute atomic E-state index is 1.13. The van der Waals surface area contributed by atoms with E-state index in [4.69, 9.17) is 0 Å². The predicted octanol–water partition coefficient (Wildman–Crippen LogP) is 19.2. The lowest BCUT2D eigenvalue weighted by molar-refractivity contribution is 1.18. The number of nitrogens with zero attached hydrogens (tertiary/aromatic N) is 4. The largest absolute Gasteiger partial charge is 0.306 e. The number of benzene rings is 11. The van der Waals surface area contributed by atoms with E-state index in [9.17, 15) is 0 Å². The van der Waals surface area contributed by atoms with Crippen molar-refractivity contribution in [1.29, 1.82) is 0 Å². The molecule has 13 aromatic rings. The van der Waals surface area contributed by atoms with Gasteiger partial charge in [0.25, 0.3) is 0 Å². The van der Waals surface area contributed by atoms with Gasteiger partial charge in [0.05, 0.1) is 45.5 Å². The van der Waals surface area contributed by atoms with Crippen LogP contribution in [0.5, 0.6) is 0 Å². The Labute approximate surface area is 400 Å². The van der Waals surface area contributed by atoms with Crippen molar-refractivity contribution >= 4 is 153 Å². The van der Waals surface area contributed by atoms with E-state index in [1.807, 2.05) is 22.7 Å². The first kappa shape index (κ1) is 37.8. The molecular weight excluding hydrogens is 865 g/mol. The fourth-order valence-electron chi connectivity index (χ4n) is 10.9. The van der Waals surface area contributed by atoms with Crippen LogP contribution in [0.1, 0.15) is 0 Å². The molecule has 0 bridgehead atoms. The standard InChI is InChI=1S/C62H38N4S2/c1-3-15-43(16-4-1)63-51-21-9-11-23-53(51)65(57-37-61-49(35-55(57)63)47-19-7-13-25-59(47)67-61)45-29-27-39-32-42-34-46(30-28-40(42)31-41(39)33-45)66-54-24-12-10-22-52(54)64(44-17-5-2-6-18-44)56-36-50-48-20-8-14-26-60(48)68-62(50)38-58(56)66/h1-38H. The van der Waals surface area contributed by atoms with Crippen molar-refractivity contribution in [1.82, 2.24) is 0 Å². The third kappa shape index (κ3) is 5.59. The minimum atomic E-state index is 1.13. The Bertz CT molecular complexity index is 3920. The quantitative estimate of drug-likeness (QED) is 0.163. The van der Waals surface area contributed by atoms with Gasteiger partial charge in [0.1, 0.15) is 0 Å². The molecule has 318 valence electrons. The molecule has 0 radical (unpaired) electrons. The Morgan fingerprint density at radius 2 is 0.559 bits per heavy atom. The van der Waals surface area contributed by atoms with E-state index in [0.29, 0.717) is 0 Å². The summed E-state index contributed by atoms with van der Waals surface area (Å²) in [6.45, 7) is 0. The van der Waals surface area contributed by atoms with Gasteiger partial charge in [-0.3, -0.25) is 0 Å². The first-order valence-corrected chi connectivity index (χ1v) is 24.7. The molecule has 2 aliphatic heterocycles. The maximum Gasteiger partial charge on any atom is 0.0717 e. The molecule has 0 saturated carbocycles. The summed E-state index contributed by atoms with van der Waals surface area (Å²) in [5.74, 6) is 0. The van der Waals surface area contributed by atoms with Crippen LogP contribution in [0.25, 0.3) is 61.9 Å². The van der Waals surface area contributed by atoms with Gasteiger partial charge >= 0.3 is 0 Å². The van der Waals surface area contributed by atoms with Crippen LogP contribution in [-0.4, -0.2) is 0 Å². The second-order valence-corrected chi connectivity index (χ2v) is 19.9. The van der Waals surface area contributed by atoms with Crippen LogP contribution >= 0.6 is 22.7 Å². The zero-order valence-electron chi connectivity index (χ0n) is 36.5. The van der Waals surface area contributed by atoms with E-state index < -0.39 is 0 Å². The average Bonchev–Trinajstić information content (AvgIpc) is 3.95. The molecule has 0 amide bonds. The number of anilines is 12. The Morgan fingerprint density at radius 3 is 0.985 bits per heavy atom. The molecule has 4 nitrogen and oxygen atoms in total. The molecule has 11 aromatic carbocycles. The van der Waals surface area contributed by atoms with Crippen molar-refractivity contribution in [2.45, 2.75) is 0 Å². The molecule has 15 rings (SSSR count). The van der Waals surface area contributed by atoms with Crippen LogP contribution in [0.15, 0.2) is 231 Å². The minimum Gasteiger partial charge on any atom is -0.306 e. The molecule has 0 N–H and O–H groups in total. The number of rotatable bonds is 4. The van der Waals surface area contributed by atoms with Crippen LogP contribution in [0, 0.1) is 0 Å². The van der Waals surface area contributed by atoms with Crippen molar-refractivity contribution in [3.05, 3.63) is 231 Å². The lowest BCUT2D eigenvalue weighted by Gasteiger charge is -2.40. The third-order valence-electron chi connectivity index (χ3n) is 13.9. The molecule has 0 spiro atoms. The SMILES string of the molecule is c1ccc(N2c3ccccc3N(c3ccc4cc5cc(N6c7ccccc7N(c7ccccc7)c7cc8c(cc76)sc6ccccc68)ccc5cc4c3)c3cc4sc5ccccc5c4cc32)cc1. The summed E-state index contributed by atoms with van der Waals surface area (Å²) in [7, 11) is 0. The highest BCUT2D eigenvalue weighted by molar-refractivity contribution is 7.26. The van der Waals surface area contributed by atoms with Gasteiger partial charge in [-0.15, -0.1) is 22.7 Å². The fourth-order valence-corrected chi connectivity index (χ4v) is 13.2.